The number of aliphatic hydroxyl groups excluding tert-OH is 1. The molecule has 0 radical (unpaired) electrons. The van der Waals surface area contributed by atoms with E-state index >= 15 is 0 Å². The molecule has 4 aromatic rings. The molecule has 3 aromatic carbocycles. The van der Waals surface area contributed by atoms with Crippen LogP contribution in [0.5, 0.6) is 0 Å². The highest BCUT2D eigenvalue weighted by Crippen LogP contribution is 2.28. The monoisotopic (exact) mass is 542 g/mol. The smallest absolute Gasteiger partial charge is 0.333 e. The van der Waals surface area contributed by atoms with Crippen LogP contribution in [0.1, 0.15) is 54.1 Å². The maximum Gasteiger partial charge on any atom is 0.333 e. The number of aromatic amines is 1. The number of pyridine rings is 1. The lowest BCUT2D eigenvalue weighted by Crippen LogP contribution is -2.40. The zero-order valence-corrected chi connectivity index (χ0v) is 22.7. The number of nitrogens with two attached hydrogens (primary N) is 1. The first kappa shape index (κ1) is 28.4. The number of hydrogen-bond acceptors (Lipinski definition) is 7. The fourth-order valence-corrected chi connectivity index (χ4v) is 4.74. The van der Waals surface area contributed by atoms with Crippen molar-refractivity contribution < 1.29 is 19.4 Å². The first-order valence-corrected chi connectivity index (χ1v) is 13.1. The summed E-state index contributed by atoms with van der Waals surface area (Å²) >= 11 is 0. The minimum absolute atomic E-state index is 0.00455. The largest absolute Gasteiger partial charge is 0.464 e. The van der Waals surface area contributed by atoms with Crippen LogP contribution in [0.25, 0.3) is 10.8 Å². The molecule has 1 amide bonds. The summed E-state index contributed by atoms with van der Waals surface area (Å²) < 4.78 is 5.26. The van der Waals surface area contributed by atoms with Gasteiger partial charge in [-0.25, -0.2) is 4.79 Å². The van der Waals surface area contributed by atoms with E-state index in [9.17, 15) is 19.5 Å². The molecule has 1 unspecified atom stereocenters. The molecule has 208 valence electrons. The molecule has 0 aliphatic carbocycles. The Balaban J connectivity index is 1.75. The van der Waals surface area contributed by atoms with Crippen LogP contribution in [0.4, 0.5) is 11.4 Å². The molecule has 3 atom stereocenters. The number of rotatable bonds is 10. The Morgan fingerprint density at radius 3 is 2.50 bits per heavy atom. The molecule has 9 heteroatoms. The topological polar surface area (TPSA) is 147 Å². The predicted octanol–water partition coefficient (Wildman–Crippen LogP) is 4.09. The first-order chi connectivity index (χ1) is 19.2. The van der Waals surface area contributed by atoms with Crippen LogP contribution in [0.3, 0.4) is 0 Å². The Bertz CT molecular complexity index is 1580. The maximum atomic E-state index is 13.9. The van der Waals surface area contributed by atoms with E-state index in [1.165, 1.54) is 0 Å². The molecule has 4 rings (SSSR count). The first-order valence-electron chi connectivity index (χ1n) is 13.1. The van der Waals surface area contributed by atoms with Crippen molar-refractivity contribution in [1.82, 2.24) is 10.3 Å². The Labute approximate surface area is 232 Å². The summed E-state index contributed by atoms with van der Waals surface area (Å²) in [4.78, 5) is 41.9. The summed E-state index contributed by atoms with van der Waals surface area (Å²) in [6.07, 6.45) is 1.58. The SMILES string of the molecule is CCOC(=O)[C@@H](NC(=O)C(Nc1ccc2cc[nH]c(=O)c2c1)c1ccc([C@@H](C)CO)c(C)c1)c1cccc(N)c1. The molecule has 6 N–H and O–H groups in total. The standard InChI is InChI=1S/C31H34N4O5/c1-4-40-31(39)28(21-6-5-7-23(32)15-21)35-30(38)27(22-9-11-25(18(2)14-22)19(3)17-36)34-24-10-8-20-12-13-33-29(37)26(20)16-24/h5-16,19,27-28,34,36H,4,17,32H2,1-3H3,(H,33,37)(H,35,38)/t19-,27?,28-/m0/s1. The van der Waals surface area contributed by atoms with Crippen molar-refractivity contribution in [3.63, 3.8) is 0 Å². The lowest BCUT2D eigenvalue weighted by molar-refractivity contribution is -0.147. The quantitative estimate of drug-likeness (QED) is 0.150. The van der Waals surface area contributed by atoms with Crippen molar-refractivity contribution >= 4 is 34.0 Å². The number of nitrogens with one attached hydrogen (secondary N) is 3. The Hall–Kier alpha value is -4.63. The maximum absolute atomic E-state index is 13.9. The van der Waals surface area contributed by atoms with Gasteiger partial charge in [-0.3, -0.25) is 9.59 Å². The Morgan fingerprint density at radius 1 is 1.02 bits per heavy atom. The van der Waals surface area contributed by atoms with Crippen LogP contribution in [-0.4, -0.2) is 35.2 Å². The molecule has 0 saturated carbocycles. The molecule has 0 aliphatic rings. The molecular weight excluding hydrogens is 508 g/mol. The molecule has 0 bridgehead atoms. The van der Waals surface area contributed by atoms with Gasteiger partial charge in [-0.1, -0.05) is 43.3 Å². The van der Waals surface area contributed by atoms with Gasteiger partial charge >= 0.3 is 5.97 Å². The highest BCUT2D eigenvalue weighted by Gasteiger charge is 2.29. The van der Waals surface area contributed by atoms with Crippen LogP contribution in [0.15, 0.2) is 77.7 Å². The van der Waals surface area contributed by atoms with E-state index in [1.54, 1.807) is 61.7 Å². The number of anilines is 2. The van der Waals surface area contributed by atoms with Gasteiger partial charge in [-0.05, 0) is 71.8 Å². The third-order valence-corrected chi connectivity index (χ3v) is 6.83. The van der Waals surface area contributed by atoms with Gasteiger partial charge in [0.1, 0.15) is 6.04 Å². The van der Waals surface area contributed by atoms with Gasteiger partial charge < -0.3 is 31.2 Å². The molecule has 40 heavy (non-hydrogen) atoms. The second-order valence-corrected chi connectivity index (χ2v) is 9.75. The lowest BCUT2D eigenvalue weighted by atomic mass is 9.93. The van der Waals surface area contributed by atoms with E-state index in [2.05, 4.69) is 15.6 Å². The van der Waals surface area contributed by atoms with Crippen molar-refractivity contribution in [2.24, 2.45) is 0 Å². The normalized spacial score (nSPS) is 13.3. The molecule has 1 heterocycles. The van der Waals surface area contributed by atoms with Crippen LogP contribution in [0.2, 0.25) is 0 Å². The summed E-state index contributed by atoms with van der Waals surface area (Å²) in [6, 6.07) is 17.4. The fourth-order valence-electron chi connectivity index (χ4n) is 4.74. The number of aliphatic hydroxyl groups is 1. The van der Waals surface area contributed by atoms with Crippen molar-refractivity contribution in [2.45, 2.75) is 38.8 Å². The van der Waals surface area contributed by atoms with E-state index in [0.717, 1.165) is 16.5 Å². The van der Waals surface area contributed by atoms with Gasteiger partial charge in [0.05, 0.1) is 6.61 Å². The highest BCUT2D eigenvalue weighted by atomic mass is 16.5. The molecule has 9 nitrogen and oxygen atoms in total. The molecule has 0 spiro atoms. The number of carbonyl (C=O) groups excluding carboxylic acids is 2. The Morgan fingerprint density at radius 2 is 1.80 bits per heavy atom. The fraction of sp³-hybridized carbons (Fsp3) is 0.258. The van der Waals surface area contributed by atoms with Crippen molar-refractivity contribution in [3.05, 3.63) is 106 Å². The van der Waals surface area contributed by atoms with Crippen molar-refractivity contribution in [3.8, 4) is 0 Å². The summed E-state index contributed by atoms with van der Waals surface area (Å²) in [5, 5.41) is 17.0. The van der Waals surface area contributed by atoms with Gasteiger partial charge in [-0.2, -0.15) is 0 Å². The van der Waals surface area contributed by atoms with E-state index < -0.39 is 24.0 Å². The molecule has 0 aliphatic heterocycles. The number of aryl methyl sites for hydroxylation is 1. The molecule has 0 fully saturated rings. The second-order valence-electron chi connectivity index (χ2n) is 9.75. The number of aromatic nitrogens is 1. The number of amides is 1. The average Bonchev–Trinajstić information content (AvgIpc) is 2.94. The number of esters is 1. The summed E-state index contributed by atoms with van der Waals surface area (Å²) in [6.45, 7) is 5.68. The van der Waals surface area contributed by atoms with Gasteiger partial charge in [0.15, 0.2) is 6.04 Å². The van der Waals surface area contributed by atoms with E-state index in [-0.39, 0.29) is 24.7 Å². The van der Waals surface area contributed by atoms with Crippen molar-refractivity contribution in [2.75, 3.05) is 24.3 Å². The zero-order chi connectivity index (χ0) is 28.8. The van der Waals surface area contributed by atoms with Crippen LogP contribution >= 0.6 is 0 Å². The summed E-state index contributed by atoms with van der Waals surface area (Å²) in [7, 11) is 0. The Kier molecular flexibility index (Phi) is 8.86. The predicted molar refractivity (Wildman–Crippen MR) is 156 cm³/mol. The minimum Gasteiger partial charge on any atom is -0.464 e. The zero-order valence-electron chi connectivity index (χ0n) is 22.7. The number of hydrogen-bond donors (Lipinski definition) is 5. The number of ether oxygens (including phenoxy) is 1. The van der Waals surface area contributed by atoms with E-state index in [1.807, 2.05) is 32.0 Å². The molecule has 0 saturated heterocycles. The summed E-state index contributed by atoms with van der Waals surface area (Å²) in [5.74, 6) is -1.16. The lowest BCUT2D eigenvalue weighted by Gasteiger charge is -2.25. The van der Waals surface area contributed by atoms with Crippen molar-refractivity contribution in [1.29, 1.82) is 0 Å². The number of H-pyrrole nitrogens is 1. The average molecular weight is 543 g/mol. The number of fused-ring (bicyclic) bond motifs is 1. The van der Waals surface area contributed by atoms with Crippen LogP contribution in [0, 0.1) is 6.92 Å². The number of benzene rings is 3. The molecular formula is C31H34N4O5. The van der Waals surface area contributed by atoms with E-state index in [0.29, 0.717) is 27.9 Å². The van der Waals surface area contributed by atoms with Crippen LogP contribution in [-0.2, 0) is 14.3 Å². The van der Waals surface area contributed by atoms with Gasteiger partial charge in [-0.15, -0.1) is 0 Å². The highest BCUT2D eigenvalue weighted by molar-refractivity contribution is 5.92. The van der Waals surface area contributed by atoms with Gasteiger partial charge in [0, 0.05) is 35.5 Å². The second kappa shape index (κ2) is 12.5. The molecule has 1 aromatic heterocycles. The minimum atomic E-state index is -1.09. The number of carbonyl (C=O) groups is 2. The van der Waals surface area contributed by atoms with Crippen LogP contribution < -0.4 is 21.9 Å². The third kappa shape index (κ3) is 6.32. The summed E-state index contributed by atoms with van der Waals surface area (Å²) in [5.41, 5.74) is 9.71. The third-order valence-electron chi connectivity index (χ3n) is 6.83. The number of nitrogen functional groups attached to an aromatic ring is 1. The van der Waals surface area contributed by atoms with Gasteiger partial charge in [0.2, 0.25) is 5.91 Å². The van der Waals surface area contributed by atoms with Gasteiger partial charge in [0.25, 0.3) is 5.56 Å². The van der Waals surface area contributed by atoms with E-state index in [4.69, 9.17) is 10.5 Å².